The first-order valence-electron chi connectivity index (χ1n) is 14.2. The molecule has 3 heterocycles. The molecule has 4 rings (SSSR count). The van der Waals surface area contributed by atoms with E-state index in [4.69, 9.17) is 9.15 Å². The van der Waals surface area contributed by atoms with Crippen molar-refractivity contribution in [3.05, 3.63) is 52.1 Å². The van der Waals surface area contributed by atoms with Gasteiger partial charge < -0.3 is 18.8 Å². The van der Waals surface area contributed by atoms with E-state index in [2.05, 4.69) is 24.5 Å². The monoisotopic (exact) mass is 630 g/mol. The molecule has 232 valence electrons. The Balaban J connectivity index is 1.63. The number of thiol groups is 1. The van der Waals surface area contributed by atoms with E-state index >= 15 is 0 Å². The summed E-state index contributed by atoms with van der Waals surface area (Å²) in [7, 11) is -3.73. The summed E-state index contributed by atoms with van der Waals surface area (Å²) >= 11 is 4.58. The number of benzene rings is 1. The summed E-state index contributed by atoms with van der Waals surface area (Å²) in [5.41, 5.74) is -3.53. The number of hydrogen-bond acceptors (Lipinski definition) is 8. The van der Waals surface area contributed by atoms with E-state index in [1.807, 2.05) is 0 Å². The number of rotatable bonds is 14. The second-order valence-corrected chi connectivity index (χ2v) is 14.4. The number of hydrogen-bond donors (Lipinski definition) is 2. The second kappa shape index (κ2) is 12.6. The van der Waals surface area contributed by atoms with Crippen molar-refractivity contribution in [3.8, 4) is 5.75 Å². The molecule has 0 bridgehead atoms. The molecule has 1 aliphatic heterocycles. The van der Waals surface area contributed by atoms with Gasteiger partial charge in [-0.2, -0.15) is 25.8 Å². The fraction of sp³-hybridized carbons (Fsp3) is 0.586. The minimum absolute atomic E-state index is 0.00679. The number of alkyl halides is 3. The van der Waals surface area contributed by atoms with E-state index in [9.17, 15) is 31.5 Å². The Bertz CT molecular complexity index is 1570. The third-order valence-corrected chi connectivity index (χ3v) is 9.94. The van der Waals surface area contributed by atoms with Crippen LogP contribution in [-0.4, -0.2) is 47.2 Å². The quantitative estimate of drug-likeness (QED) is 0.167. The number of fused-ring (bicyclic) bond motifs is 2. The number of oxazole rings is 1. The summed E-state index contributed by atoms with van der Waals surface area (Å²) < 4.78 is 80.4. The Morgan fingerprint density at radius 2 is 1.81 bits per heavy atom. The molecule has 0 spiro atoms. The average molecular weight is 631 g/mol. The van der Waals surface area contributed by atoms with Crippen molar-refractivity contribution < 1.29 is 35.8 Å². The van der Waals surface area contributed by atoms with Crippen LogP contribution in [0.4, 0.5) is 13.2 Å². The molecule has 13 heteroatoms. The molecule has 2 unspecified atom stereocenters. The Hall–Kier alpha value is -2.51. The largest absolute Gasteiger partial charge is 0.493 e. The lowest BCUT2D eigenvalue weighted by Gasteiger charge is -2.38. The normalized spacial score (nSPS) is 16.6. The van der Waals surface area contributed by atoms with Crippen molar-refractivity contribution in [2.24, 2.45) is 0 Å². The molecule has 0 saturated heterocycles. The highest BCUT2D eigenvalue weighted by Crippen LogP contribution is 2.49. The number of sulfone groups is 1. The first-order valence-corrected chi connectivity index (χ1v) is 16.3. The van der Waals surface area contributed by atoms with E-state index < -0.39 is 44.8 Å². The van der Waals surface area contributed by atoms with Crippen LogP contribution in [-0.2, 0) is 27.5 Å². The Kier molecular flexibility index (Phi) is 9.73. The molecule has 2 atom stereocenters. The van der Waals surface area contributed by atoms with Gasteiger partial charge in [0.05, 0.1) is 23.8 Å². The molecule has 0 fully saturated rings. The van der Waals surface area contributed by atoms with Gasteiger partial charge in [-0.05, 0) is 31.0 Å². The molecular formula is C29H37F3N2O6S2. The molecule has 0 saturated carbocycles. The predicted molar refractivity (Wildman–Crippen MR) is 156 cm³/mol. The molecule has 1 aromatic carbocycles. The van der Waals surface area contributed by atoms with Gasteiger partial charge in [-0.3, -0.25) is 4.79 Å². The van der Waals surface area contributed by atoms with Gasteiger partial charge in [-0.15, -0.1) is 0 Å². The van der Waals surface area contributed by atoms with Crippen LogP contribution in [0, 0.1) is 0 Å². The van der Waals surface area contributed by atoms with Gasteiger partial charge in [0, 0.05) is 35.4 Å². The van der Waals surface area contributed by atoms with E-state index in [0.29, 0.717) is 18.4 Å². The third kappa shape index (κ3) is 6.99. The standard InChI is InChI=1S/C29H37F3N2O6S2/c1-3-4-5-6-7-8-9-14-42(37,38)21-15-20-11-13-39-25(20)22(16-21)27(2,41)17-28(36,29(30,31)32)18-34-12-10-23(35)24-26(34)40-19-33-24/h10,12,15-16,19,36,41H,3-9,11,13-14,17-18H2,1-2H3. The molecule has 0 amide bonds. The summed E-state index contributed by atoms with van der Waals surface area (Å²) in [5, 5.41) is 11.2. The summed E-state index contributed by atoms with van der Waals surface area (Å²) in [4.78, 5) is 15.8. The van der Waals surface area contributed by atoms with Gasteiger partial charge >= 0.3 is 6.18 Å². The number of nitrogens with zero attached hydrogens (tertiary/aromatic N) is 2. The van der Waals surface area contributed by atoms with E-state index in [0.717, 1.165) is 61.7 Å². The van der Waals surface area contributed by atoms with Gasteiger partial charge in [0.25, 0.3) is 0 Å². The average Bonchev–Trinajstić information content (AvgIpc) is 3.59. The maximum atomic E-state index is 14.5. The number of halogens is 3. The molecule has 2 aromatic heterocycles. The van der Waals surface area contributed by atoms with Gasteiger partial charge in [-0.25, -0.2) is 13.4 Å². The zero-order chi connectivity index (χ0) is 30.8. The van der Waals surface area contributed by atoms with Crippen molar-refractivity contribution in [1.82, 2.24) is 9.55 Å². The first kappa shape index (κ1) is 32.4. The Labute approximate surface area is 248 Å². The summed E-state index contributed by atoms with van der Waals surface area (Å²) in [5.74, 6) is 0.211. The number of pyridine rings is 1. The van der Waals surface area contributed by atoms with Gasteiger partial charge in [-0.1, -0.05) is 45.4 Å². The van der Waals surface area contributed by atoms with Crippen molar-refractivity contribution in [2.75, 3.05) is 12.4 Å². The van der Waals surface area contributed by atoms with Gasteiger partial charge in [0.1, 0.15) is 5.75 Å². The fourth-order valence-electron chi connectivity index (χ4n) is 5.46. The van der Waals surface area contributed by atoms with Crippen molar-refractivity contribution in [2.45, 2.75) is 99.6 Å². The summed E-state index contributed by atoms with van der Waals surface area (Å²) in [6, 6.07) is 3.91. The van der Waals surface area contributed by atoms with Crippen molar-refractivity contribution >= 4 is 33.7 Å². The fourth-order valence-corrected chi connectivity index (χ4v) is 7.33. The Morgan fingerprint density at radius 1 is 1.12 bits per heavy atom. The predicted octanol–water partition coefficient (Wildman–Crippen LogP) is 5.98. The topological polar surface area (TPSA) is 112 Å². The summed E-state index contributed by atoms with van der Waals surface area (Å²) in [6.07, 6.45) is 3.01. The zero-order valence-corrected chi connectivity index (χ0v) is 25.5. The maximum absolute atomic E-state index is 14.5. The van der Waals surface area contributed by atoms with Crippen LogP contribution in [0.15, 0.2) is 44.9 Å². The van der Waals surface area contributed by atoms with Crippen molar-refractivity contribution in [3.63, 3.8) is 0 Å². The number of aliphatic hydroxyl groups is 1. The molecule has 1 aliphatic rings. The third-order valence-electron chi connectivity index (χ3n) is 7.76. The minimum atomic E-state index is -5.13. The van der Waals surface area contributed by atoms with E-state index in [1.165, 1.54) is 19.1 Å². The van der Waals surface area contributed by atoms with E-state index in [1.54, 1.807) is 0 Å². The lowest BCUT2D eigenvalue weighted by atomic mass is 9.84. The molecule has 0 aliphatic carbocycles. The molecule has 1 N–H and O–H groups in total. The highest BCUT2D eigenvalue weighted by atomic mass is 32.2. The highest BCUT2D eigenvalue weighted by Gasteiger charge is 2.57. The molecule has 3 aromatic rings. The smallest absolute Gasteiger partial charge is 0.419 e. The van der Waals surface area contributed by atoms with Crippen LogP contribution >= 0.6 is 12.6 Å². The SMILES string of the molecule is CCCCCCCCCS(=O)(=O)c1cc2c(c(C(C)(S)CC(O)(Cn3ccc(=O)c4ncoc43)C(F)(F)F)c1)OCC2. The molecule has 8 nitrogen and oxygen atoms in total. The van der Waals surface area contributed by atoms with Gasteiger partial charge in [0.15, 0.2) is 27.3 Å². The number of aromatic nitrogens is 2. The summed E-state index contributed by atoms with van der Waals surface area (Å²) in [6.45, 7) is 2.76. The molecule has 42 heavy (non-hydrogen) atoms. The van der Waals surface area contributed by atoms with E-state index in [-0.39, 0.29) is 39.8 Å². The van der Waals surface area contributed by atoms with Crippen LogP contribution in [0.1, 0.15) is 76.3 Å². The second-order valence-electron chi connectivity index (χ2n) is 11.3. The minimum Gasteiger partial charge on any atom is -0.493 e. The van der Waals surface area contributed by atoms with Crippen LogP contribution in [0.25, 0.3) is 11.2 Å². The maximum Gasteiger partial charge on any atom is 0.419 e. The van der Waals surface area contributed by atoms with Crippen LogP contribution in [0.5, 0.6) is 5.75 Å². The van der Waals surface area contributed by atoms with Crippen LogP contribution in [0.2, 0.25) is 0 Å². The number of ether oxygens (including phenoxy) is 1. The number of unbranched alkanes of at least 4 members (excludes halogenated alkanes) is 6. The lowest BCUT2D eigenvalue weighted by Crippen LogP contribution is -2.51. The molecular weight excluding hydrogens is 593 g/mol. The first-order chi connectivity index (χ1) is 19.7. The van der Waals surface area contributed by atoms with Gasteiger partial charge in [0.2, 0.25) is 11.1 Å². The Morgan fingerprint density at radius 3 is 2.50 bits per heavy atom. The van der Waals surface area contributed by atoms with Crippen molar-refractivity contribution in [1.29, 1.82) is 0 Å². The lowest BCUT2D eigenvalue weighted by molar-refractivity contribution is -0.269. The van der Waals surface area contributed by atoms with Crippen LogP contribution < -0.4 is 10.2 Å². The zero-order valence-electron chi connectivity index (χ0n) is 23.7. The molecule has 0 radical (unpaired) electrons. The van der Waals surface area contributed by atoms with Crippen LogP contribution in [0.3, 0.4) is 0 Å². The highest BCUT2D eigenvalue weighted by molar-refractivity contribution is 7.91.